The van der Waals surface area contributed by atoms with E-state index in [1.165, 1.54) is 16.4 Å². The van der Waals surface area contributed by atoms with Crippen LogP contribution >= 0.6 is 0 Å². The van der Waals surface area contributed by atoms with Gasteiger partial charge in [0.1, 0.15) is 0 Å². The van der Waals surface area contributed by atoms with Gasteiger partial charge in [0.25, 0.3) is 0 Å². The lowest BCUT2D eigenvalue weighted by Gasteiger charge is -2.34. The molecule has 1 nitrogen and oxygen atoms in total. The highest BCUT2D eigenvalue weighted by molar-refractivity contribution is 6.92. The zero-order valence-corrected chi connectivity index (χ0v) is 16.9. The molecule has 0 aromatic heterocycles. The van der Waals surface area contributed by atoms with Gasteiger partial charge in [-0.15, -0.1) is 0 Å². The molecule has 1 aromatic carbocycles. The molecular weight excluding hydrogens is 280 g/mol. The molecule has 0 saturated carbocycles. The fourth-order valence-electron chi connectivity index (χ4n) is 2.19. The molecule has 0 saturated heterocycles. The smallest absolute Gasteiger partial charge is 0.205 e. The molecule has 1 aromatic rings. The molecule has 0 fully saturated rings. The molecule has 108 valence electrons. The fourth-order valence-corrected chi connectivity index (χ4v) is 10.9. The molecule has 0 radical (unpaired) electrons. The first kappa shape index (κ1) is 16.9. The number of benzene rings is 1. The Labute approximate surface area is 122 Å². The van der Waals surface area contributed by atoms with Gasteiger partial charge in [-0.25, -0.2) is 0 Å². The largest absolute Gasteiger partial charge is 0.452 e. The van der Waals surface area contributed by atoms with E-state index in [-0.39, 0.29) is 0 Å². The molecule has 4 heteroatoms. The van der Waals surface area contributed by atoms with Crippen molar-refractivity contribution in [1.29, 1.82) is 0 Å². The summed E-state index contributed by atoms with van der Waals surface area (Å²) in [6, 6.07) is 10.5. The Bertz CT molecular complexity index is 416. The first-order chi connectivity index (χ1) is 8.48. The molecule has 0 N–H and O–H groups in total. The summed E-state index contributed by atoms with van der Waals surface area (Å²) >= 11 is 0. The van der Waals surface area contributed by atoms with Crippen molar-refractivity contribution in [2.75, 3.05) is 0 Å². The van der Waals surface area contributed by atoms with Crippen LogP contribution in [0.25, 0.3) is 0 Å². The van der Waals surface area contributed by atoms with Crippen LogP contribution in [0.15, 0.2) is 24.3 Å². The van der Waals surface area contributed by atoms with E-state index < -0.39 is 24.7 Å². The van der Waals surface area contributed by atoms with Crippen molar-refractivity contribution in [2.24, 2.45) is 0 Å². The Morgan fingerprint density at radius 3 is 1.58 bits per heavy atom. The summed E-state index contributed by atoms with van der Waals surface area (Å²) in [5.74, 6) is 0. The van der Waals surface area contributed by atoms with Crippen molar-refractivity contribution in [3.8, 4) is 0 Å². The van der Waals surface area contributed by atoms with Gasteiger partial charge in [-0.05, 0) is 37.4 Å². The number of rotatable bonds is 5. The van der Waals surface area contributed by atoms with E-state index in [4.69, 9.17) is 4.12 Å². The SMILES string of the molecule is CC[Si](C)(C)O[Si](C)(C)c1ccc([Si](C)(C)C)cc1. The first-order valence-corrected chi connectivity index (χ1v) is 16.8. The normalized spacial score (nSPS) is 13.7. The van der Waals surface area contributed by atoms with E-state index in [2.05, 4.69) is 77.0 Å². The molecule has 0 unspecified atom stereocenters. The van der Waals surface area contributed by atoms with Crippen LogP contribution in [0.5, 0.6) is 0 Å². The highest BCUT2D eigenvalue weighted by Crippen LogP contribution is 2.18. The summed E-state index contributed by atoms with van der Waals surface area (Å²) in [7, 11) is -4.40. The minimum atomic E-state index is -1.74. The summed E-state index contributed by atoms with van der Waals surface area (Å²) in [5.41, 5.74) is 0. The first-order valence-electron chi connectivity index (χ1n) is 7.29. The van der Waals surface area contributed by atoms with Crippen LogP contribution in [-0.2, 0) is 4.12 Å². The van der Waals surface area contributed by atoms with Gasteiger partial charge < -0.3 is 4.12 Å². The molecule has 0 bridgehead atoms. The maximum atomic E-state index is 6.58. The van der Waals surface area contributed by atoms with Gasteiger partial charge in [0, 0.05) is 0 Å². The second-order valence-corrected chi connectivity index (χ2v) is 21.3. The number of hydrogen-bond donors (Lipinski definition) is 0. The van der Waals surface area contributed by atoms with E-state index in [9.17, 15) is 0 Å². The van der Waals surface area contributed by atoms with Crippen molar-refractivity contribution in [2.45, 2.75) is 58.8 Å². The third kappa shape index (κ3) is 4.70. The molecule has 19 heavy (non-hydrogen) atoms. The molecule has 0 amide bonds. The van der Waals surface area contributed by atoms with Crippen molar-refractivity contribution in [3.05, 3.63) is 24.3 Å². The summed E-state index contributed by atoms with van der Waals surface area (Å²) in [5, 5.41) is 2.97. The molecule has 0 aliphatic heterocycles. The van der Waals surface area contributed by atoms with Crippen LogP contribution in [0.2, 0.25) is 51.9 Å². The highest BCUT2D eigenvalue weighted by Gasteiger charge is 2.33. The Kier molecular flexibility index (Phi) is 5.04. The van der Waals surface area contributed by atoms with Crippen LogP contribution in [0, 0.1) is 0 Å². The van der Waals surface area contributed by atoms with Gasteiger partial charge >= 0.3 is 0 Å². The van der Waals surface area contributed by atoms with Crippen LogP contribution in [0.4, 0.5) is 0 Å². The Hall–Kier alpha value is -0.169. The van der Waals surface area contributed by atoms with Gasteiger partial charge in [-0.3, -0.25) is 0 Å². The Morgan fingerprint density at radius 2 is 1.21 bits per heavy atom. The second-order valence-electron chi connectivity index (χ2n) is 7.55. The van der Waals surface area contributed by atoms with Crippen LogP contribution < -0.4 is 10.4 Å². The predicted molar refractivity (Wildman–Crippen MR) is 95.6 cm³/mol. The van der Waals surface area contributed by atoms with Gasteiger partial charge in [0.05, 0.1) is 8.07 Å². The maximum Gasteiger partial charge on any atom is 0.205 e. The topological polar surface area (TPSA) is 9.23 Å². The Balaban J connectivity index is 2.97. The minimum Gasteiger partial charge on any atom is -0.452 e. The Morgan fingerprint density at radius 1 is 0.789 bits per heavy atom. The standard InChI is InChI=1S/C15H30OSi3/c1-9-18(5,6)16-19(7,8)15-12-10-14(11-13-15)17(2,3)4/h10-13H,9H2,1-8H3. The summed E-state index contributed by atoms with van der Waals surface area (Å²) < 4.78 is 6.58. The van der Waals surface area contributed by atoms with Crippen LogP contribution in [0.1, 0.15) is 6.92 Å². The minimum absolute atomic E-state index is 1.19. The van der Waals surface area contributed by atoms with E-state index in [0.29, 0.717) is 0 Å². The molecule has 0 heterocycles. The van der Waals surface area contributed by atoms with Crippen LogP contribution in [0.3, 0.4) is 0 Å². The van der Waals surface area contributed by atoms with Crippen molar-refractivity contribution >= 4 is 35.1 Å². The van der Waals surface area contributed by atoms with Crippen molar-refractivity contribution < 1.29 is 4.12 Å². The molecule has 0 atom stereocenters. The third-order valence-corrected chi connectivity index (χ3v) is 13.6. The van der Waals surface area contributed by atoms with Gasteiger partial charge in [0.15, 0.2) is 8.32 Å². The molecule has 0 aliphatic rings. The van der Waals surface area contributed by atoms with Gasteiger partial charge in [-0.1, -0.05) is 56.0 Å². The highest BCUT2D eigenvalue weighted by atomic mass is 28.4. The van der Waals surface area contributed by atoms with Crippen LogP contribution in [-0.4, -0.2) is 24.7 Å². The number of hydrogen-bond acceptors (Lipinski definition) is 1. The van der Waals surface area contributed by atoms with Gasteiger partial charge in [0.2, 0.25) is 8.32 Å². The average molecular weight is 311 g/mol. The molecule has 1 rings (SSSR count). The zero-order valence-electron chi connectivity index (χ0n) is 13.9. The quantitative estimate of drug-likeness (QED) is 0.750. The maximum absolute atomic E-state index is 6.58. The lowest BCUT2D eigenvalue weighted by molar-refractivity contribution is 0.557. The van der Waals surface area contributed by atoms with Crippen molar-refractivity contribution in [1.82, 2.24) is 0 Å². The van der Waals surface area contributed by atoms with Gasteiger partial charge in [-0.2, -0.15) is 0 Å². The predicted octanol–water partition coefficient (Wildman–Crippen LogP) is 3.89. The third-order valence-electron chi connectivity index (χ3n) is 3.83. The lowest BCUT2D eigenvalue weighted by Crippen LogP contribution is -2.52. The van der Waals surface area contributed by atoms with E-state index in [1.807, 2.05) is 0 Å². The molecular formula is C15H30OSi3. The fraction of sp³-hybridized carbons (Fsp3) is 0.600. The second kappa shape index (κ2) is 5.68. The summed E-state index contributed by atoms with van der Waals surface area (Å²) in [6.07, 6.45) is 0. The van der Waals surface area contributed by atoms with E-state index >= 15 is 0 Å². The average Bonchev–Trinajstić information content (AvgIpc) is 2.27. The van der Waals surface area contributed by atoms with E-state index in [0.717, 1.165) is 0 Å². The van der Waals surface area contributed by atoms with Crippen molar-refractivity contribution in [3.63, 3.8) is 0 Å². The molecule has 0 spiro atoms. The summed E-state index contributed by atoms with van der Waals surface area (Å²) in [6.45, 7) is 18.8. The summed E-state index contributed by atoms with van der Waals surface area (Å²) in [4.78, 5) is 0. The lowest BCUT2D eigenvalue weighted by atomic mass is 10.4. The zero-order chi connectivity index (χ0) is 14.9. The molecule has 0 aliphatic carbocycles. The van der Waals surface area contributed by atoms with E-state index in [1.54, 1.807) is 0 Å². The monoisotopic (exact) mass is 310 g/mol.